The van der Waals surface area contributed by atoms with Crippen LogP contribution in [0.4, 0.5) is 5.69 Å². The first kappa shape index (κ1) is 24.8. The minimum atomic E-state index is -1.03. The minimum Gasteiger partial charge on any atom is -0.496 e. The molecule has 1 aliphatic rings. The normalized spacial score (nSPS) is 15.2. The lowest BCUT2D eigenvalue weighted by molar-refractivity contribution is -0.385. The molecule has 0 amide bonds. The second-order valence-electron chi connectivity index (χ2n) is 7.23. The maximum absolute atomic E-state index is 12.8. The van der Waals surface area contributed by atoms with Crippen LogP contribution in [-0.2, 0) is 30.3 Å². The van der Waals surface area contributed by atoms with Crippen molar-refractivity contribution in [2.75, 3.05) is 21.3 Å². The molecule has 1 aromatic carbocycles. The number of hydrogen-bond acceptors (Lipinski definition) is 11. The molecule has 1 aliphatic heterocycles. The molecule has 2 aromatic rings. The van der Waals surface area contributed by atoms with Crippen LogP contribution in [0.2, 0.25) is 0 Å². The highest BCUT2D eigenvalue weighted by molar-refractivity contribution is 5.93. The fourth-order valence-electron chi connectivity index (χ4n) is 3.63. The predicted octanol–water partition coefficient (Wildman–Crippen LogP) is 1.65. The van der Waals surface area contributed by atoms with E-state index in [0.29, 0.717) is 16.9 Å². The van der Waals surface area contributed by atoms with Crippen molar-refractivity contribution in [2.45, 2.75) is 18.9 Å². The molecular weight excluding hydrogens is 462 g/mol. The zero-order valence-electron chi connectivity index (χ0n) is 19.0. The molecule has 2 heterocycles. The van der Waals surface area contributed by atoms with Crippen LogP contribution in [0.25, 0.3) is 0 Å². The smallest absolute Gasteiger partial charge is 0.338 e. The number of carbonyl (C=O) groups excluding carboxylic acids is 2. The van der Waals surface area contributed by atoms with Crippen LogP contribution in [0.15, 0.2) is 53.4 Å². The third-order valence-electron chi connectivity index (χ3n) is 5.24. The van der Waals surface area contributed by atoms with Gasteiger partial charge in [0.25, 0.3) is 0 Å². The summed E-state index contributed by atoms with van der Waals surface area (Å²) < 4.78 is 21.8. The highest BCUT2D eigenvalue weighted by Gasteiger charge is 2.38. The zero-order valence-corrected chi connectivity index (χ0v) is 19.0. The summed E-state index contributed by atoms with van der Waals surface area (Å²) in [4.78, 5) is 35.1. The number of carbonyl (C=O) groups is 2. The van der Waals surface area contributed by atoms with Gasteiger partial charge in [0.15, 0.2) is 0 Å². The molecule has 35 heavy (non-hydrogen) atoms. The maximum atomic E-state index is 12.8. The highest BCUT2D eigenvalue weighted by Crippen LogP contribution is 2.41. The van der Waals surface area contributed by atoms with Crippen molar-refractivity contribution in [1.29, 1.82) is 5.26 Å². The number of ether oxygens (including phenoxy) is 4. The number of benzene rings is 1. The molecule has 182 valence electrons. The van der Waals surface area contributed by atoms with E-state index < -0.39 is 29.2 Å². The number of esters is 2. The van der Waals surface area contributed by atoms with Crippen LogP contribution in [-0.4, -0.2) is 48.0 Å². The molecule has 0 spiro atoms. The Morgan fingerprint density at radius 2 is 2.06 bits per heavy atom. The molecule has 1 atom stereocenters. The fraction of sp³-hybridized carbons (Fsp3) is 0.273. The summed E-state index contributed by atoms with van der Waals surface area (Å²) in [6, 6.07) is 6.83. The molecule has 2 N–H and O–H groups in total. The van der Waals surface area contributed by atoms with Crippen LogP contribution >= 0.6 is 0 Å². The van der Waals surface area contributed by atoms with Crippen LogP contribution in [0.3, 0.4) is 0 Å². The van der Waals surface area contributed by atoms with E-state index in [1.54, 1.807) is 18.2 Å². The number of nitrogens with two attached hydrogens (primary N) is 1. The van der Waals surface area contributed by atoms with Crippen molar-refractivity contribution in [1.82, 2.24) is 9.78 Å². The average Bonchev–Trinajstić information content (AvgIpc) is 3.32. The lowest BCUT2D eigenvalue weighted by Crippen LogP contribution is -2.27. The molecule has 13 heteroatoms. The fourth-order valence-corrected chi connectivity index (χ4v) is 3.63. The van der Waals surface area contributed by atoms with Gasteiger partial charge >= 0.3 is 17.6 Å². The summed E-state index contributed by atoms with van der Waals surface area (Å²) in [7, 11) is 3.78. The largest absolute Gasteiger partial charge is 0.496 e. The Hall–Kier alpha value is -4.86. The molecule has 0 radical (unpaired) electrons. The second kappa shape index (κ2) is 10.4. The van der Waals surface area contributed by atoms with E-state index >= 15 is 0 Å². The standard InChI is InChI=1S/C22H21N5O8/c1-32-16-5-4-12(6-13(16)10-26-11-14(9-25-26)27(30)31)19-15(8-23)21(24)35-17(7-18(28)33-2)20(19)22(29)34-3/h4-6,9,11,19H,7,10,24H2,1-3H3. The lowest BCUT2D eigenvalue weighted by Gasteiger charge is -2.28. The molecule has 13 nitrogen and oxygen atoms in total. The third kappa shape index (κ3) is 5.06. The van der Waals surface area contributed by atoms with Crippen molar-refractivity contribution < 1.29 is 33.5 Å². The van der Waals surface area contributed by atoms with Crippen LogP contribution < -0.4 is 10.5 Å². The maximum Gasteiger partial charge on any atom is 0.338 e. The van der Waals surface area contributed by atoms with E-state index in [9.17, 15) is 25.0 Å². The van der Waals surface area contributed by atoms with Crippen molar-refractivity contribution in [3.05, 3.63) is 74.6 Å². The Morgan fingerprint density at radius 3 is 2.63 bits per heavy atom. The minimum absolute atomic E-state index is 0.0649. The molecule has 3 rings (SSSR count). The summed E-state index contributed by atoms with van der Waals surface area (Å²) in [6.07, 6.45) is 1.95. The number of aromatic nitrogens is 2. The predicted molar refractivity (Wildman–Crippen MR) is 117 cm³/mol. The molecule has 0 bridgehead atoms. The number of hydrogen-bond donors (Lipinski definition) is 1. The lowest BCUT2D eigenvalue weighted by atomic mass is 9.82. The Morgan fingerprint density at radius 1 is 1.31 bits per heavy atom. The Bertz CT molecular complexity index is 1290. The topological polar surface area (TPSA) is 182 Å². The van der Waals surface area contributed by atoms with Crippen LogP contribution in [0.1, 0.15) is 23.5 Å². The first-order valence-electron chi connectivity index (χ1n) is 10.0. The van der Waals surface area contributed by atoms with Gasteiger partial charge in [-0.25, -0.2) is 4.79 Å². The Kier molecular flexibility index (Phi) is 7.35. The van der Waals surface area contributed by atoms with Crippen molar-refractivity contribution in [3.63, 3.8) is 0 Å². The molecular formula is C22H21N5O8. The monoisotopic (exact) mass is 483 g/mol. The molecule has 0 aliphatic carbocycles. The molecule has 0 saturated heterocycles. The van der Waals surface area contributed by atoms with Gasteiger partial charge in [0.1, 0.15) is 42.0 Å². The zero-order chi connectivity index (χ0) is 25.7. The summed E-state index contributed by atoms with van der Waals surface area (Å²) in [5.41, 5.74) is 6.62. The van der Waals surface area contributed by atoms with Gasteiger partial charge in [-0.2, -0.15) is 10.4 Å². The SMILES string of the molecule is COC(=O)CC1=C(C(=O)OC)C(c2ccc(OC)c(Cn3cc([N+](=O)[O-])cn3)c2)C(C#N)=C(N)O1. The first-order valence-corrected chi connectivity index (χ1v) is 10.0. The number of nitriles is 1. The van der Waals surface area contributed by atoms with Gasteiger partial charge in [-0.1, -0.05) is 6.07 Å². The number of rotatable bonds is 8. The second-order valence-corrected chi connectivity index (χ2v) is 7.23. The summed E-state index contributed by atoms with van der Waals surface area (Å²) in [6.45, 7) is 0.0848. The van der Waals surface area contributed by atoms with E-state index in [-0.39, 0.29) is 35.0 Å². The van der Waals surface area contributed by atoms with E-state index in [2.05, 4.69) is 9.84 Å². The van der Waals surface area contributed by atoms with Gasteiger partial charge < -0.3 is 24.7 Å². The molecule has 0 saturated carbocycles. The summed E-state index contributed by atoms with van der Waals surface area (Å²) in [5.74, 6) is -2.49. The van der Waals surface area contributed by atoms with Gasteiger partial charge in [0.05, 0.1) is 44.3 Å². The van der Waals surface area contributed by atoms with E-state index in [4.69, 9.17) is 19.9 Å². The number of nitro groups is 1. The molecule has 0 fully saturated rings. The van der Waals surface area contributed by atoms with Gasteiger partial charge in [0, 0.05) is 5.56 Å². The van der Waals surface area contributed by atoms with Gasteiger partial charge in [-0.3, -0.25) is 19.6 Å². The highest BCUT2D eigenvalue weighted by atomic mass is 16.6. The summed E-state index contributed by atoms with van der Waals surface area (Å²) in [5, 5.41) is 24.8. The van der Waals surface area contributed by atoms with Crippen LogP contribution in [0, 0.1) is 21.4 Å². The van der Waals surface area contributed by atoms with Gasteiger partial charge in [0.2, 0.25) is 5.88 Å². The Balaban J connectivity index is 2.15. The number of nitrogens with zero attached hydrogens (tertiary/aromatic N) is 4. The number of allylic oxidation sites excluding steroid dienone is 1. The van der Waals surface area contributed by atoms with E-state index in [1.807, 2.05) is 6.07 Å². The third-order valence-corrected chi connectivity index (χ3v) is 5.24. The van der Waals surface area contributed by atoms with E-state index in [1.165, 1.54) is 25.1 Å². The Labute approximate surface area is 199 Å². The van der Waals surface area contributed by atoms with Gasteiger partial charge in [-0.15, -0.1) is 0 Å². The molecule has 1 aromatic heterocycles. The van der Waals surface area contributed by atoms with Crippen LogP contribution in [0.5, 0.6) is 5.75 Å². The first-order chi connectivity index (χ1) is 16.7. The van der Waals surface area contributed by atoms with Crippen molar-refractivity contribution in [3.8, 4) is 11.8 Å². The van der Waals surface area contributed by atoms with Crippen molar-refractivity contribution >= 4 is 17.6 Å². The van der Waals surface area contributed by atoms with Crippen molar-refractivity contribution in [2.24, 2.45) is 5.73 Å². The average molecular weight is 483 g/mol. The van der Waals surface area contributed by atoms with E-state index in [0.717, 1.165) is 13.3 Å². The van der Waals surface area contributed by atoms with Gasteiger partial charge in [-0.05, 0) is 17.7 Å². The molecule has 1 unspecified atom stereocenters. The quantitative estimate of drug-likeness (QED) is 0.327. The number of methoxy groups -OCH3 is 3. The summed E-state index contributed by atoms with van der Waals surface area (Å²) >= 11 is 0.